The number of ether oxygens (including phenoxy) is 2. The summed E-state index contributed by atoms with van der Waals surface area (Å²) in [6, 6.07) is 7.11. The van der Waals surface area contributed by atoms with Crippen molar-refractivity contribution in [1.29, 1.82) is 0 Å². The third kappa shape index (κ3) is 3.86. The van der Waals surface area contributed by atoms with Gasteiger partial charge in [0.1, 0.15) is 10.7 Å². The largest absolute Gasteiger partial charge is 0.493 e. The second kappa shape index (κ2) is 6.07. The number of carbonyl (C=O) groups is 1. The van der Waals surface area contributed by atoms with Gasteiger partial charge in [-0.15, -0.1) is 0 Å². The van der Waals surface area contributed by atoms with E-state index < -0.39 is 0 Å². The van der Waals surface area contributed by atoms with Crippen molar-refractivity contribution < 1.29 is 14.3 Å². The first-order valence-electron chi connectivity index (χ1n) is 4.73. The van der Waals surface area contributed by atoms with Gasteiger partial charge in [-0.1, -0.05) is 24.4 Å². The van der Waals surface area contributed by atoms with Crippen molar-refractivity contribution in [3.8, 4) is 5.75 Å². The molecule has 86 valence electrons. The Labute approximate surface area is 99.3 Å². The van der Waals surface area contributed by atoms with Gasteiger partial charge in [0.25, 0.3) is 0 Å². The molecular formula is C11H13NO3S. The zero-order valence-corrected chi connectivity index (χ0v) is 9.75. The highest BCUT2D eigenvalue weighted by Gasteiger charge is 2.02. The van der Waals surface area contributed by atoms with Crippen LogP contribution in [0.25, 0.3) is 0 Å². The number of carbonyl (C=O) groups excluding carboxylic acids is 1. The molecule has 0 unspecified atom stereocenters. The molecule has 0 heterocycles. The van der Waals surface area contributed by atoms with Crippen LogP contribution in [-0.4, -0.2) is 24.7 Å². The smallest absolute Gasteiger partial charge is 0.308 e. The molecule has 16 heavy (non-hydrogen) atoms. The van der Waals surface area contributed by atoms with Crippen LogP contribution >= 0.6 is 12.2 Å². The fourth-order valence-corrected chi connectivity index (χ4v) is 1.22. The molecule has 0 aliphatic carbocycles. The summed E-state index contributed by atoms with van der Waals surface area (Å²) in [5, 5.41) is 0. The van der Waals surface area contributed by atoms with Crippen molar-refractivity contribution in [3.63, 3.8) is 0 Å². The topological polar surface area (TPSA) is 61.5 Å². The summed E-state index contributed by atoms with van der Waals surface area (Å²) in [4.78, 5) is 11.2. The molecule has 2 N–H and O–H groups in total. The van der Waals surface area contributed by atoms with Crippen molar-refractivity contribution in [3.05, 3.63) is 29.8 Å². The molecule has 0 aliphatic heterocycles. The van der Waals surface area contributed by atoms with E-state index in [0.717, 1.165) is 5.56 Å². The van der Waals surface area contributed by atoms with Crippen LogP contribution in [0.5, 0.6) is 5.75 Å². The Balaban J connectivity index is 2.51. The molecule has 0 amide bonds. The second-order valence-electron chi connectivity index (χ2n) is 3.07. The molecule has 0 spiro atoms. The van der Waals surface area contributed by atoms with Crippen LogP contribution in [0.3, 0.4) is 0 Å². The number of methoxy groups -OCH3 is 1. The summed E-state index contributed by atoms with van der Waals surface area (Å²) >= 11 is 4.84. The predicted octanol–water partition coefficient (Wildman–Crippen LogP) is 1.26. The molecule has 0 fully saturated rings. The maximum absolute atomic E-state index is 10.8. The Morgan fingerprint density at radius 1 is 1.50 bits per heavy atom. The fraction of sp³-hybridized carbons (Fsp3) is 0.273. The first-order chi connectivity index (χ1) is 7.63. The molecular weight excluding hydrogens is 226 g/mol. The lowest BCUT2D eigenvalue weighted by Gasteiger charge is -2.06. The number of rotatable bonds is 5. The van der Waals surface area contributed by atoms with Crippen LogP contribution < -0.4 is 10.5 Å². The molecule has 0 aliphatic rings. The quantitative estimate of drug-likeness (QED) is 0.619. The molecule has 0 atom stereocenters. The molecule has 0 saturated carbocycles. The minimum atomic E-state index is -0.300. The van der Waals surface area contributed by atoms with Gasteiger partial charge < -0.3 is 15.2 Å². The molecule has 0 aromatic heterocycles. The highest BCUT2D eigenvalue weighted by molar-refractivity contribution is 7.80. The lowest BCUT2D eigenvalue weighted by molar-refractivity contribution is -0.141. The summed E-state index contributed by atoms with van der Waals surface area (Å²) < 4.78 is 9.84. The summed E-state index contributed by atoms with van der Waals surface area (Å²) in [6.07, 6.45) is 0.216. The summed E-state index contributed by atoms with van der Waals surface area (Å²) in [5.74, 6) is 0.333. The van der Waals surface area contributed by atoms with Crippen molar-refractivity contribution in [2.45, 2.75) is 6.42 Å². The average Bonchev–Trinajstić information content (AvgIpc) is 2.29. The SMILES string of the molecule is COC(=O)CCOc1cccc(C(N)=S)c1. The minimum Gasteiger partial charge on any atom is -0.493 e. The molecule has 0 saturated heterocycles. The maximum atomic E-state index is 10.8. The van der Waals surface area contributed by atoms with E-state index >= 15 is 0 Å². The summed E-state index contributed by atoms with van der Waals surface area (Å²) in [6.45, 7) is 0.271. The third-order valence-corrected chi connectivity index (χ3v) is 2.16. The number of nitrogens with two attached hydrogens (primary N) is 1. The number of thiocarbonyl (C=S) groups is 1. The van der Waals surface area contributed by atoms with Crippen molar-refractivity contribution >= 4 is 23.2 Å². The van der Waals surface area contributed by atoms with Gasteiger partial charge in [-0.05, 0) is 12.1 Å². The van der Waals surface area contributed by atoms with E-state index in [-0.39, 0.29) is 19.0 Å². The fourth-order valence-electron chi connectivity index (χ4n) is 1.09. The van der Waals surface area contributed by atoms with E-state index in [1.54, 1.807) is 24.3 Å². The van der Waals surface area contributed by atoms with E-state index in [1.807, 2.05) is 0 Å². The zero-order valence-electron chi connectivity index (χ0n) is 8.93. The Morgan fingerprint density at radius 3 is 2.88 bits per heavy atom. The van der Waals surface area contributed by atoms with Crippen molar-refractivity contribution in [2.24, 2.45) is 5.73 Å². The molecule has 1 aromatic rings. The van der Waals surface area contributed by atoms with Gasteiger partial charge in [0.2, 0.25) is 0 Å². The number of hydrogen-bond acceptors (Lipinski definition) is 4. The van der Waals surface area contributed by atoms with E-state index in [4.69, 9.17) is 22.7 Å². The van der Waals surface area contributed by atoms with Crippen LogP contribution in [0, 0.1) is 0 Å². The average molecular weight is 239 g/mol. The van der Waals surface area contributed by atoms with E-state index in [1.165, 1.54) is 7.11 Å². The Bertz CT molecular complexity index is 393. The molecule has 1 aromatic carbocycles. The van der Waals surface area contributed by atoms with Crippen LogP contribution in [0.1, 0.15) is 12.0 Å². The molecule has 5 heteroatoms. The highest BCUT2D eigenvalue weighted by Crippen LogP contribution is 2.13. The van der Waals surface area contributed by atoms with E-state index in [9.17, 15) is 4.79 Å². The van der Waals surface area contributed by atoms with Gasteiger partial charge in [-0.2, -0.15) is 0 Å². The monoisotopic (exact) mass is 239 g/mol. The van der Waals surface area contributed by atoms with Crippen LogP contribution in [-0.2, 0) is 9.53 Å². The number of esters is 1. The Kier molecular flexibility index (Phi) is 4.72. The molecule has 0 radical (unpaired) electrons. The van der Waals surface area contributed by atoms with Gasteiger partial charge >= 0.3 is 5.97 Å². The normalized spacial score (nSPS) is 9.56. The van der Waals surface area contributed by atoms with Gasteiger partial charge in [0.05, 0.1) is 20.1 Å². The Hall–Kier alpha value is -1.62. The molecule has 0 bridgehead atoms. The second-order valence-corrected chi connectivity index (χ2v) is 3.51. The summed E-state index contributed by atoms with van der Waals surface area (Å²) in [7, 11) is 1.34. The highest BCUT2D eigenvalue weighted by atomic mass is 32.1. The van der Waals surface area contributed by atoms with E-state index in [0.29, 0.717) is 10.7 Å². The maximum Gasteiger partial charge on any atom is 0.308 e. The number of hydrogen-bond donors (Lipinski definition) is 1. The molecule has 1 rings (SSSR count). The number of benzene rings is 1. The first kappa shape index (κ1) is 12.4. The minimum absolute atomic E-state index is 0.216. The van der Waals surface area contributed by atoms with Crippen molar-refractivity contribution in [1.82, 2.24) is 0 Å². The summed E-state index contributed by atoms with van der Waals surface area (Å²) in [5.41, 5.74) is 6.22. The van der Waals surface area contributed by atoms with Gasteiger partial charge in [-0.25, -0.2) is 0 Å². The van der Waals surface area contributed by atoms with Crippen molar-refractivity contribution in [2.75, 3.05) is 13.7 Å². The van der Waals surface area contributed by atoms with E-state index in [2.05, 4.69) is 4.74 Å². The van der Waals surface area contributed by atoms with Gasteiger partial charge in [0.15, 0.2) is 0 Å². The zero-order chi connectivity index (χ0) is 12.0. The Morgan fingerprint density at radius 2 is 2.25 bits per heavy atom. The predicted molar refractivity (Wildman–Crippen MR) is 64.5 cm³/mol. The first-order valence-corrected chi connectivity index (χ1v) is 5.14. The van der Waals surface area contributed by atoms with Crippen LogP contribution in [0.15, 0.2) is 24.3 Å². The van der Waals surface area contributed by atoms with Crippen LogP contribution in [0.2, 0.25) is 0 Å². The standard InChI is InChI=1S/C11H13NO3S/c1-14-10(13)5-6-15-9-4-2-3-8(7-9)11(12)16/h2-4,7H,5-6H2,1H3,(H2,12,16). The van der Waals surface area contributed by atoms with Crippen LogP contribution in [0.4, 0.5) is 0 Å². The molecule has 4 nitrogen and oxygen atoms in total. The van der Waals surface area contributed by atoms with Gasteiger partial charge in [0, 0.05) is 5.56 Å². The van der Waals surface area contributed by atoms with Gasteiger partial charge in [-0.3, -0.25) is 4.79 Å². The lowest BCUT2D eigenvalue weighted by atomic mass is 10.2. The third-order valence-electron chi connectivity index (χ3n) is 1.92. The lowest BCUT2D eigenvalue weighted by Crippen LogP contribution is -2.10.